The summed E-state index contributed by atoms with van der Waals surface area (Å²) in [5.41, 5.74) is 2.12. The molecule has 0 aliphatic heterocycles. The molecule has 0 spiro atoms. The average Bonchev–Trinajstić information content (AvgIpc) is 2.77. The highest BCUT2D eigenvalue weighted by Crippen LogP contribution is 2.29. The normalized spacial score (nSPS) is 10.7. The summed E-state index contributed by atoms with van der Waals surface area (Å²) in [4.78, 5) is 12.9. The Labute approximate surface area is 176 Å². The number of amides is 1. The van der Waals surface area contributed by atoms with Crippen molar-refractivity contribution in [1.29, 1.82) is 5.26 Å². The number of carbonyl (C=O) groups excluding carboxylic acids is 1. The third kappa shape index (κ3) is 4.79. The van der Waals surface area contributed by atoms with Crippen LogP contribution in [0.2, 0.25) is 0 Å². The van der Waals surface area contributed by atoms with E-state index in [0.717, 1.165) is 16.9 Å². The summed E-state index contributed by atoms with van der Waals surface area (Å²) in [6.07, 6.45) is 0. The highest BCUT2D eigenvalue weighted by molar-refractivity contribution is 5.95. The number of benzene rings is 3. The van der Waals surface area contributed by atoms with Gasteiger partial charge in [0, 0.05) is 16.7 Å². The maximum Gasteiger partial charge on any atom is 0.252 e. The number of nitrogens with zero attached hydrogens (tertiary/aromatic N) is 1. The number of ether oxygens (including phenoxy) is 2. The van der Waals surface area contributed by atoms with E-state index in [9.17, 15) is 10.1 Å². The van der Waals surface area contributed by atoms with Crippen molar-refractivity contribution in [2.45, 2.75) is 26.0 Å². The Morgan fingerprint density at radius 2 is 1.77 bits per heavy atom. The van der Waals surface area contributed by atoms with Gasteiger partial charge in [0.25, 0.3) is 5.91 Å². The molecule has 5 nitrogen and oxygen atoms in total. The Kier molecular flexibility index (Phi) is 6.38. The van der Waals surface area contributed by atoms with Crippen LogP contribution in [0, 0.1) is 11.3 Å². The van der Waals surface area contributed by atoms with Crippen molar-refractivity contribution in [2.75, 3.05) is 7.11 Å². The van der Waals surface area contributed by atoms with Crippen molar-refractivity contribution < 1.29 is 14.3 Å². The molecule has 0 saturated heterocycles. The van der Waals surface area contributed by atoms with Crippen molar-refractivity contribution in [3.63, 3.8) is 0 Å². The molecular weight excluding hydrogens is 376 g/mol. The van der Waals surface area contributed by atoms with Gasteiger partial charge >= 0.3 is 0 Å². The summed E-state index contributed by atoms with van der Waals surface area (Å²) >= 11 is 0. The molecule has 3 aromatic carbocycles. The van der Waals surface area contributed by atoms with Gasteiger partial charge in [-0.05, 0) is 44.2 Å². The van der Waals surface area contributed by atoms with E-state index in [1.165, 1.54) is 0 Å². The molecule has 152 valence electrons. The molecular formula is C25H24N2O3. The molecule has 3 aromatic rings. The minimum absolute atomic E-state index is 0.214. The van der Waals surface area contributed by atoms with Gasteiger partial charge in [-0.1, -0.05) is 42.5 Å². The molecule has 0 aliphatic carbocycles. The Morgan fingerprint density at radius 3 is 2.53 bits per heavy atom. The summed E-state index contributed by atoms with van der Waals surface area (Å²) in [6, 6.07) is 24.1. The lowest BCUT2D eigenvalue weighted by Crippen LogP contribution is -2.41. The Hall–Kier alpha value is -3.78. The third-order valence-electron chi connectivity index (χ3n) is 4.83. The van der Waals surface area contributed by atoms with Crippen LogP contribution in [0.15, 0.2) is 72.8 Å². The first-order valence-corrected chi connectivity index (χ1v) is 9.61. The molecule has 1 N–H and O–H groups in total. The molecule has 0 saturated carbocycles. The minimum atomic E-state index is -0.633. The Bertz CT molecular complexity index is 1080. The first-order chi connectivity index (χ1) is 14.4. The first-order valence-electron chi connectivity index (χ1n) is 9.61. The molecule has 5 heteroatoms. The van der Waals surface area contributed by atoms with Crippen LogP contribution in [0.5, 0.6) is 11.5 Å². The zero-order valence-electron chi connectivity index (χ0n) is 17.3. The number of hydrogen-bond donors (Lipinski definition) is 1. The predicted molar refractivity (Wildman–Crippen MR) is 115 cm³/mol. The van der Waals surface area contributed by atoms with Crippen LogP contribution in [0.1, 0.15) is 40.9 Å². The van der Waals surface area contributed by atoms with Crippen LogP contribution in [0.4, 0.5) is 0 Å². The SMILES string of the molecule is COc1ccccc1C(C)(C)NC(=O)c1cccc(OCc2ccccc2C#N)c1. The summed E-state index contributed by atoms with van der Waals surface area (Å²) in [5.74, 6) is 1.07. The summed E-state index contributed by atoms with van der Waals surface area (Å²) < 4.78 is 11.3. The van der Waals surface area contributed by atoms with E-state index < -0.39 is 5.54 Å². The largest absolute Gasteiger partial charge is 0.496 e. The van der Waals surface area contributed by atoms with Gasteiger partial charge in [0.15, 0.2) is 0 Å². The average molecular weight is 400 g/mol. The van der Waals surface area contributed by atoms with Crippen molar-refractivity contribution in [3.05, 3.63) is 95.1 Å². The zero-order chi connectivity index (χ0) is 21.6. The first kappa shape index (κ1) is 20.9. The lowest BCUT2D eigenvalue weighted by Gasteiger charge is -2.28. The van der Waals surface area contributed by atoms with E-state index in [-0.39, 0.29) is 12.5 Å². The van der Waals surface area contributed by atoms with Crippen molar-refractivity contribution in [2.24, 2.45) is 0 Å². The molecule has 30 heavy (non-hydrogen) atoms. The van der Waals surface area contributed by atoms with Crippen LogP contribution < -0.4 is 14.8 Å². The van der Waals surface area contributed by atoms with Crippen LogP contribution in [-0.4, -0.2) is 13.0 Å². The van der Waals surface area contributed by atoms with Gasteiger partial charge < -0.3 is 14.8 Å². The Balaban J connectivity index is 1.73. The van der Waals surface area contributed by atoms with Gasteiger partial charge in [-0.15, -0.1) is 0 Å². The van der Waals surface area contributed by atoms with Crippen molar-refractivity contribution >= 4 is 5.91 Å². The van der Waals surface area contributed by atoms with E-state index in [1.54, 1.807) is 37.4 Å². The zero-order valence-corrected chi connectivity index (χ0v) is 17.3. The molecule has 3 rings (SSSR count). The van der Waals surface area contributed by atoms with Gasteiger partial charge in [0.1, 0.15) is 18.1 Å². The molecule has 0 bridgehead atoms. The van der Waals surface area contributed by atoms with Crippen molar-refractivity contribution in [3.8, 4) is 17.6 Å². The molecule has 0 fully saturated rings. The Morgan fingerprint density at radius 1 is 1.03 bits per heavy atom. The van der Waals surface area contributed by atoms with Gasteiger partial charge in [0.05, 0.1) is 24.3 Å². The van der Waals surface area contributed by atoms with E-state index >= 15 is 0 Å². The molecule has 0 atom stereocenters. The number of methoxy groups -OCH3 is 1. The van der Waals surface area contributed by atoms with Crippen LogP contribution >= 0.6 is 0 Å². The molecule has 0 heterocycles. The van der Waals surface area contributed by atoms with E-state index in [0.29, 0.717) is 16.9 Å². The standard InChI is InChI=1S/C25H24N2O3/c1-25(2,22-13-6-7-14-23(22)29-3)27-24(28)18-11-8-12-21(15-18)30-17-20-10-5-4-9-19(20)16-26/h4-15H,17H2,1-3H3,(H,27,28). The minimum Gasteiger partial charge on any atom is -0.496 e. The number of rotatable bonds is 7. The predicted octanol–water partition coefficient (Wildman–Crippen LogP) is 4.81. The van der Waals surface area contributed by atoms with Crippen LogP contribution in [0.3, 0.4) is 0 Å². The summed E-state index contributed by atoms with van der Waals surface area (Å²) in [7, 11) is 1.61. The molecule has 1 amide bonds. The van der Waals surface area contributed by atoms with E-state index in [1.807, 2.05) is 56.3 Å². The maximum atomic E-state index is 12.9. The maximum absolute atomic E-state index is 12.9. The smallest absolute Gasteiger partial charge is 0.252 e. The topological polar surface area (TPSA) is 71.3 Å². The monoisotopic (exact) mass is 400 g/mol. The fourth-order valence-electron chi connectivity index (χ4n) is 3.23. The van der Waals surface area contributed by atoms with Crippen molar-refractivity contribution in [1.82, 2.24) is 5.32 Å². The fraction of sp³-hybridized carbons (Fsp3) is 0.200. The van der Waals surface area contributed by atoms with Gasteiger partial charge in [-0.3, -0.25) is 4.79 Å². The lowest BCUT2D eigenvalue weighted by molar-refractivity contribution is 0.0910. The highest BCUT2D eigenvalue weighted by atomic mass is 16.5. The number of nitriles is 1. The molecule has 0 radical (unpaired) electrons. The molecule has 0 aromatic heterocycles. The second-order valence-electron chi connectivity index (χ2n) is 7.36. The molecule has 0 unspecified atom stereocenters. The fourth-order valence-corrected chi connectivity index (χ4v) is 3.23. The van der Waals surface area contributed by atoms with Gasteiger partial charge in [-0.2, -0.15) is 5.26 Å². The number of carbonyl (C=O) groups is 1. The second kappa shape index (κ2) is 9.15. The lowest BCUT2D eigenvalue weighted by atomic mass is 9.93. The van der Waals surface area contributed by atoms with Gasteiger partial charge in [0.2, 0.25) is 0 Å². The van der Waals surface area contributed by atoms with Crippen LogP contribution in [0.25, 0.3) is 0 Å². The van der Waals surface area contributed by atoms with E-state index in [2.05, 4.69) is 11.4 Å². The number of para-hydroxylation sites is 1. The third-order valence-corrected chi connectivity index (χ3v) is 4.83. The van der Waals surface area contributed by atoms with Gasteiger partial charge in [-0.25, -0.2) is 0 Å². The molecule has 0 aliphatic rings. The highest BCUT2D eigenvalue weighted by Gasteiger charge is 2.26. The van der Waals surface area contributed by atoms with E-state index in [4.69, 9.17) is 9.47 Å². The quantitative estimate of drug-likeness (QED) is 0.618. The van der Waals surface area contributed by atoms with Crippen LogP contribution in [-0.2, 0) is 12.1 Å². The second-order valence-corrected chi connectivity index (χ2v) is 7.36. The number of hydrogen-bond acceptors (Lipinski definition) is 4. The summed E-state index contributed by atoms with van der Waals surface area (Å²) in [5, 5.41) is 12.3. The number of nitrogens with one attached hydrogen (secondary N) is 1. The summed E-state index contributed by atoms with van der Waals surface area (Å²) in [6.45, 7) is 4.12.